The summed E-state index contributed by atoms with van der Waals surface area (Å²) in [6.45, 7) is 1.14. The molecule has 158 valence electrons. The van der Waals surface area contributed by atoms with Crippen molar-refractivity contribution in [2.75, 3.05) is 23.9 Å². The zero-order chi connectivity index (χ0) is 21.5. The predicted molar refractivity (Wildman–Crippen MR) is 112 cm³/mol. The summed E-state index contributed by atoms with van der Waals surface area (Å²) in [6, 6.07) is 9.29. The Bertz CT molecular complexity index is 1270. The number of nitrogens with zero attached hydrogens (tertiary/aromatic N) is 6. The van der Waals surface area contributed by atoms with E-state index < -0.39 is 11.6 Å². The number of halogens is 3. The van der Waals surface area contributed by atoms with Crippen LogP contribution in [0.2, 0.25) is 5.15 Å². The summed E-state index contributed by atoms with van der Waals surface area (Å²) in [7, 11) is 1.57. The number of rotatable bonds is 5. The molecule has 0 spiro atoms. The molecule has 0 saturated carbocycles. The van der Waals surface area contributed by atoms with Gasteiger partial charge in [-0.05, 0) is 24.3 Å². The van der Waals surface area contributed by atoms with Crippen LogP contribution in [0, 0.1) is 11.6 Å². The predicted octanol–water partition coefficient (Wildman–Crippen LogP) is 4.30. The van der Waals surface area contributed by atoms with Gasteiger partial charge in [-0.25, -0.2) is 18.4 Å². The van der Waals surface area contributed by atoms with E-state index in [-0.39, 0.29) is 0 Å². The van der Waals surface area contributed by atoms with E-state index in [4.69, 9.17) is 16.3 Å². The molecule has 2 aromatic heterocycles. The standard InChI is InChI=1S/C20H16ClF2N7O/c1-31-17-8-12(2-5-16(17)28-10-18(21)24-11-28)25-19-26-20-29(6-7-30(20)27-19)13-3-4-14(22)15(23)9-13/h2-5,8-11H,6-7H2,1H3,(H,25,27). The third-order valence-electron chi connectivity index (χ3n) is 4.91. The maximum absolute atomic E-state index is 13.6. The maximum atomic E-state index is 13.6. The van der Waals surface area contributed by atoms with Crippen molar-refractivity contribution in [2.24, 2.45) is 0 Å². The van der Waals surface area contributed by atoms with Crippen LogP contribution in [0.5, 0.6) is 5.75 Å². The van der Waals surface area contributed by atoms with Crippen LogP contribution in [0.4, 0.5) is 32.1 Å². The smallest absolute Gasteiger partial charge is 0.248 e. The summed E-state index contributed by atoms with van der Waals surface area (Å²) in [5.41, 5.74) is 2.01. The summed E-state index contributed by atoms with van der Waals surface area (Å²) >= 11 is 5.91. The van der Waals surface area contributed by atoms with Crippen molar-refractivity contribution in [1.82, 2.24) is 24.3 Å². The van der Waals surface area contributed by atoms with Crippen LogP contribution in [0.1, 0.15) is 0 Å². The van der Waals surface area contributed by atoms with E-state index in [1.165, 1.54) is 6.07 Å². The number of ether oxygens (including phenoxy) is 1. The van der Waals surface area contributed by atoms with Gasteiger partial charge in [0, 0.05) is 36.2 Å². The second kappa shape index (κ2) is 7.55. The Morgan fingerprint density at radius 2 is 1.97 bits per heavy atom. The van der Waals surface area contributed by atoms with Crippen molar-refractivity contribution in [3.05, 3.63) is 65.7 Å². The van der Waals surface area contributed by atoms with Gasteiger partial charge in [0.2, 0.25) is 11.9 Å². The molecule has 0 amide bonds. The highest BCUT2D eigenvalue weighted by atomic mass is 35.5. The molecule has 1 aliphatic heterocycles. The molecule has 0 radical (unpaired) electrons. The summed E-state index contributed by atoms with van der Waals surface area (Å²) in [5, 5.41) is 7.98. The first kappa shape index (κ1) is 19.3. The number of nitrogens with one attached hydrogen (secondary N) is 1. The van der Waals surface area contributed by atoms with E-state index in [0.29, 0.717) is 41.6 Å². The van der Waals surface area contributed by atoms with Gasteiger partial charge in [0.1, 0.15) is 17.2 Å². The maximum Gasteiger partial charge on any atom is 0.248 e. The molecule has 8 nitrogen and oxygen atoms in total. The number of fused-ring (bicyclic) bond motifs is 1. The Kier molecular flexibility index (Phi) is 4.70. The van der Waals surface area contributed by atoms with Crippen LogP contribution in [0.3, 0.4) is 0 Å². The van der Waals surface area contributed by atoms with Gasteiger partial charge in [-0.3, -0.25) is 0 Å². The molecule has 0 unspecified atom stereocenters. The highest BCUT2D eigenvalue weighted by molar-refractivity contribution is 6.29. The van der Waals surface area contributed by atoms with Crippen LogP contribution in [-0.2, 0) is 6.54 Å². The molecule has 4 aromatic rings. The fraction of sp³-hybridized carbons (Fsp3) is 0.150. The number of benzene rings is 2. The van der Waals surface area contributed by atoms with Crippen molar-refractivity contribution in [3.63, 3.8) is 0 Å². The van der Waals surface area contributed by atoms with Crippen molar-refractivity contribution in [3.8, 4) is 11.4 Å². The minimum atomic E-state index is -0.903. The van der Waals surface area contributed by atoms with Gasteiger partial charge < -0.3 is 19.5 Å². The number of hydrogen-bond donors (Lipinski definition) is 1. The van der Waals surface area contributed by atoms with Crippen LogP contribution < -0.4 is 15.0 Å². The van der Waals surface area contributed by atoms with E-state index in [9.17, 15) is 8.78 Å². The van der Waals surface area contributed by atoms with Gasteiger partial charge in [-0.15, -0.1) is 5.10 Å². The van der Waals surface area contributed by atoms with Crippen LogP contribution >= 0.6 is 11.6 Å². The fourth-order valence-corrected chi connectivity index (χ4v) is 3.61. The molecule has 5 rings (SSSR count). The van der Waals surface area contributed by atoms with Crippen molar-refractivity contribution in [1.29, 1.82) is 0 Å². The number of methoxy groups -OCH3 is 1. The second-order valence-electron chi connectivity index (χ2n) is 6.82. The molecule has 11 heteroatoms. The second-order valence-corrected chi connectivity index (χ2v) is 7.21. The molecule has 0 saturated heterocycles. The molecule has 1 aliphatic rings. The Labute approximate surface area is 180 Å². The van der Waals surface area contributed by atoms with Gasteiger partial charge in [0.15, 0.2) is 11.6 Å². The average Bonchev–Trinajstić information content (AvgIpc) is 3.46. The number of aromatic nitrogens is 5. The highest BCUT2D eigenvalue weighted by Gasteiger charge is 2.25. The fourth-order valence-electron chi connectivity index (χ4n) is 3.46. The lowest BCUT2D eigenvalue weighted by Crippen LogP contribution is -2.14. The molecular formula is C20H16ClF2N7O. The lowest BCUT2D eigenvalue weighted by molar-refractivity contribution is 0.413. The normalized spacial score (nSPS) is 12.8. The van der Waals surface area contributed by atoms with Gasteiger partial charge >= 0.3 is 0 Å². The van der Waals surface area contributed by atoms with Gasteiger partial charge in [0.25, 0.3) is 0 Å². The molecule has 0 bridgehead atoms. The van der Waals surface area contributed by atoms with Gasteiger partial charge in [-0.2, -0.15) is 4.98 Å². The van der Waals surface area contributed by atoms with Crippen LogP contribution in [0.25, 0.3) is 5.69 Å². The Morgan fingerprint density at radius 1 is 1.10 bits per heavy atom. The molecule has 1 N–H and O–H groups in total. The lowest BCUT2D eigenvalue weighted by Gasteiger charge is -2.15. The first-order valence-electron chi connectivity index (χ1n) is 9.34. The van der Waals surface area contributed by atoms with Gasteiger partial charge in [0.05, 0.1) is 19.3 Å². The van der Waals surface area contributed by atoms with E-state index in [1.54, 1.807) is 33.8 Å². The topological polar surface area (TPSA) is 73.0 Å². The minimum absolute atomic E-state index is 0.378. The largest absolute Gasteiger partial charge is 0.494 e. The third kappa shape index (κ3) is 3.55. The van der Waals surface area contributed by atoms with Crippen molar-refractivity contribution < 1.29 is 13.5 Å². The van der Waals surface area contributed by atoms with Crippen LogP contribution in [-0.4, -0.2) is 38.0 Å². The quantitative estimate of drug-likeness (QED) is 0.496. The average molecular weight is 444 g/mol. The van der Waals surface area contributed by atoms with Crippen molar-refractivity contribution >= 4 is 34.9 Å². The molecule has 31 heavy (non-hydrogen) atoms. The Balaban J connectivity index is 1.40. The van der Waals surface area contributed by atoms with E-state index >= 15 is 0 Å². The molecular weight excluding hydrogens is 428 g/mol. The molecule has 0 atom stereocenters. The zero-order valence-corrected chi connectivity index (χ0v) is 17.0. The van der Waals surface area contributed by atoms with Crippen molar-refractivity contribution in [2.45, 2.75) is 6.54 Å². The van der Waals surface area contributed by atoms with Gasteiger partial charge in [-0.1, -0.05) is 11.6 Å². The minimum Gasteiger partial charge on any atom is -0.494 e. The highest BCUT2D eigenvalue weighted by Crippen LogP contribution is 2.32. The molecule has 0 aliphatic carbocycles. The summed E-state index contributed by atoms with van der Waals surface area (Å²) in [6.07, 6.45) is 3.28. The monoisotopic (exact) mass is 443 g/mol. The first-order chi connectivity index (χ1) is 15.0. The lowest BCUT2D eigenvalue weighted by atomic mass is 10.2. The summed E-state index contributed by atoms with van der Waals surface area (Å²) in [4.78, 5) is 10.3. The number of hydrogen-bond acceptors (Lipinski definition) is 6. The first-order valence-corrected chi connectivity index (χ1v) is 9.72. The molecule has 2 aromatic carbocycles. The molecule has 3 heterocycles. The zero-order valence-electron chi connectivity index (χ0n) is 16.3. The Hall–Kier alpha value is -3.66. The number of imidazole rings is 1. The summed E-state index contributed by atoms with van der Waals surface area (Å²) < 4.78 is 35.9. The van der Waals surface area contributed by atoms with Crippen LogP contribution in [0.15, 0.2) is 48.9 Å². The summed E-state index contributed by atoms with van der Waals surface area (Å²) in [5.74, 6) is -0.260. The van der Waals surface area contributed by atoms with E-state index in [0.717, 1.165) is 23.5 Å². The third-order valence-corrected chi connectivity index (χ3v) is 5.10. The van der Waals surface area contributed by atoms with E-state index in [2.05, 4.69) is 20.4 Å². The van der Waals surface area contributed by atoms with E-state index in [1.807, 2.05) is 18.2 Å². The Morgan fingerprint density at radius 3 is 2.71 bits per heavy atom. The number of anilines is 4. The SMILES string of the molecule is COc1cc(Nc2nc3n(n2)CCN3c2ccc(F)c(F)c2)ccc1-n1cnc(Cl)c1. The molecule has 0 fully saturated rings.